The van der Waals surface area contributed by atoms with Gasteiger partial charge in [-0.2, -0.15) is 0 Å². The summed E-state index contributed by atoms with van der Waals surface area (Å²) in [6.45, 7) is 1.84. The number of aldehydes is 1. The van der Waals surface area contributed by atoms with Crippen LogP contribution in [0.4, 0.5) is 13.6 Å². The third-order valence-corrected chi connectivity index (χ3v) is 4.89. The summed E-state index contributed by atoms with van der Waals surface area (Å²) in [4.78, 5) is 23.6. The number of alkyl halides is 2. The highest BCUT2D eigenvalue weighted by Crippen LogP contribution is 2.36. The molecular weight excluding hydrogens is 388 g/mol. The van der Waals surface area contributed by atoms with Crippen LogP contribution in [-0.2, 0) is 26.5 Å². The van der Waals surface area contributed by atoms with Gasteiger partial charge in [-0.25, -0.2) is 13.6 Å². The van der Waals surface area contributed by atoms with Crippen LogP contribution in [0.2, 0.25) is 0 Å². The number of carboxylic acid groups (broad SMARTS) is 1. The van der Waals surface area contributed by atoms with E-state index in [-0.39, 0.29) is 32.2 Å². The van der Waals surface area contributed by atoms with E-state index in [4.69, 9.17) is 14.6 Å². The maximum Gasteiger partial charge on any atom is 0.407 e. The molecule has 0 saturated carbocycles. The van der Waals surface area contributed by atoms with Crippen LogP contribution in [0.15, 0.2) is 24.3 Å². The van der Waals surface area contributed by atoms with Crippen LogP contribution < -0.4 is 0 Å². The van der Waals surface area contributed by atoms with Crippen LogP contribution >= 0.6 is 0 Å². The van der Waals surface area contributed by atoms with Gasteiger partial charge in [0.25, 0.3) is 5.92 Å². The minimum atomic E-state index is -3.09. The van der Waals surface area contributed by atoms with E-state index in [2.05, 4.69) is 0 Å². The zero-order valence-electron chi connectivity index (χ0n) is 16.5. The average molecular weight is 415 g/mol. The van der Waals surface area contributed by atoms with Crippen LogP contribution in [0.3, 0.4) is 0 Å². The van der Waals surface area contributed by atoms with Crippen LogP contribution in [0.1, 0.15) is 31.4 Å². The predicted molar refractivity (Wildman–Crippen MR) is 99.8 cm³/mol. The van der Waals surface area contributed by atoms with E-state index in [1.807, 2.05) is 0 Å². The Morgan fingerprint density at radius 3 is 2.55 bits per heavy atom. The number of nitrogens with zero attached hydrogens (tertiary/aromatic N) is 1. The zero-order valence-corrected chi connectivity index (χ0v) is 16.5. The van der Waals surface area contributed by atoms with Crippen molar-refractivity contribution in [1.29, 1.82) is 0 Å². The lowest BCUT2D eigenvalue weighted by atomic mass is 9.76. The van der Waals surface area contributed by atoms with Crippen molar-refractivity contribution >= 4 is 12.4 Å². The van der Waals surface area contributed by atoms with Crippen molar-refractivity contribution < 1.29 is 38.1 Å². The quantitative estimate of drug-likeness (QED) is 0.602. The Bertz CT molecular complexity index is 697. The summed E-state index contributed by atoms with van der Waals surface area (Å²) >= 11 is 0. The lowest BCUT2D eigenvalue weighted by molar-refractivity contribution is -0.135. The van der Waals surface area contributed by atoms with E-state index in [0.29, 0.717) is 17.4 Å². The molecule has 29 heavy (non-hydrogen) atoms. The van der Waals surface area contributed by atoms with Crippen molar-refractivity contribution in [1.82, 2.24) is 4.90 Å². The molecule has 0 radical (unpaired) electrons. The summed E-state index contributed by atoms with van der Waals surface area (Å²) in [5.74, 6) is -3.98. The maximum atomic E-state index is 13.7. The lowest BCUT2D eigenvalue weighted by Crippen LogP contribution is -2.52. The number of carbonyl (C=O) groups is 2. The Kier molecular flexibility index (Phi) is 7.67. The SMILES string of the molecule is CC(C)OCC(F)(F)COCc1ccc(C2(O)CCN(C(=O)O)CC2C=O)cc1. The molecule has 1 aliphatic heterocycles. The first-order valence-electron chi connectivity index (χ1n) is 9.39. The second kappa shape index (κ2) is 9.60. The fraction of sp³-hybridized carbons (Fsp3) is 0.600. The van der Waals surface area contributed by atoms with Gasteiger partial charge in [0.15, 0.2) is 0 Å². The van der Waals surface area contributed by atoms with Gasteiger partial charge in [0, 0.05) is 13.1 Å². The van der Waals surface area contributed by atoms with Gasteiger partial charge in [0.05, 0.1) is 18.6 Å². The third-order valence-electron chi connectivity index (χ3n) is 4.89. The number of aliphatic hydroxyl groups is 1. The van der Waals surface area contributed by atoms with Crippen molar-refractivity contribution in [2.24, 2.45) is 5.92 Å². The van der Waals surface area contributed by atoms with Crippen molar-refractivity contribution in [3.05, 3.63) is 35.4 Å². The minimum absolute atomic E-state index is 0.0418. The molecule has 2 rings (SSSR count). The number of benzene rings is 1. The van der Waals surface area contributed by atoms with E-state index in [1.165, 1.54) is 0 Å². The van der Waals surface area contributed by atoms with E-state index in [9.17, 15) is 23.5 Å². The van der Waals surface area contributed by atoms with Gasteiger partial charge in [0.1, 0.15) is 25.1 Å². The molecule has 162 valence electrons. The van der Waals surface area contributed by atoms with Gasteiger partial charge in [-0.05, 0) is 31.4 Å². The normalized spacial score (nSPS) is 22.7. The highest BCUT2D eigenvalue weighted by molar-refractivity contribution is 5.67. The predicted octanol–water partition coefficient (Wildman–Crippen LogP) is 2.65. The van der Waals surface area contributed by atoms with Crippen LogP contribution in [0, 0.1) is 5.92 Å². The van der Waals surface area contributed by atoms with Gasteiger partial charge in [0.2, 0.25) is 0 Å². The lowest BCUT2D eigenvalue weighted by Gasteiger charge is -2.41. The number of halogens is 2. The van der Waals surface area contributed by atoms with E-state index in [0.717, 1.165) is 4.90 Å². The molecule has 2 unspecified atom stereocenters. The number of amides is 1. The number of likely N-dealkylation sites (tertiary alicyclic amines) is 1. The molecule has 1 aliphatic rings. The topological polar surface area (TPSA) is 96.3 Å². The van der Waals surface area contributed by atoms with Crippen molar-refractivity contribution in [2.75, 3.05) is 26.3 Å². The average Bonchev–Trinajstić information content (AvgIpc) is 2.67. The fourth-order valence-corrected chi connectivity index (χ4v) is 3.20. The van der Waals surface area contributed by atoms with Crippen LogP contribution in [0.5, 0.6) is 0 Å². The van der Waals surface area contributed by atoms with Gasteiger partial charge >= 0.3 is 6.09 Å². The largest absolute Gasteiger partial charge is 0.465 e. The molecule has 1 saturated heterocycles. The van der Waals surface area contributed by atoms with Gasteiger partial charge in [-0.1, -0.05) is 24.3 Å². The molecule has 1 aromatic rings. The Balaban J connectivity index is 1.95. The molecule has 2 N–H and O–H groups in total. The maximum absolute atomic E-state index is 13.7. The van der Waals surface area contributed by atoms with Crippen molar-refractivity contribution in [3.8, 4) is 0 Å². The molecule has 1 heterocycles. The number of carbonyl (C=O) groups excluding carboxylic acids is 1. The molecule has 0 aromatic heterocycles. The summed E-state index contributed by atoms with van der Waals surface area (Å²) in [6, 6.07) is 6.46. The standard InChI is InChI=1S/C20H27F2NO6/c1-14(2)29-13-19(21,22)12-28-11-15-3-5-16(6-4-15)20(27)7-8-23(18(25)26)9-17(20)10-24/h3-6,10,14,17,27H,7-9,11-13H2,1-2H3,(H,25,26). The van der Waals surface area contributed by atoms with Gasteiger partial charge < -0.3 is 29.4 Å². The minimum Gasteiger partial charge on any atom is -0.465 e. The molecule has 0 spiro atoms. The van der Waals surface area contributed by atoms with E-state index < -0.39 is 36.7 Å². The summed E-state index contributed by atoms with van der Waals surface area (Å²) < 4.78 is 37.3. The number of hydrogen-bond donors (Lipinski definition) is 2. The first-order valence-corrected chi connectivity index (χ1v) is 9.39. The number of ether oxygens (including phenoxy) is 2. The number of hydrogen-bond acceptors (Lipinski definition) is 5. The third kappa shape index (κ3) is 6.19. The molecular formula is C20H27F2NO6. The molecule has 0 bridgehead atoms. The zero-order chi connectivity index (χ0) is 21.7. The highest BCUT2D eigenvalue weighted by atomic mass is 19.3. The Morgan fingerprint density at radius 1 is 1.34 bits per heavy atom. The molecule has 1 aromatic carbocycles. The summed E-state index contributed by atoms with van der Waals surface area (Å²) in [5, 5.41) is 20.1. The molecule has 1 fully saturated rings. The second-order valence-electron chi connectivity index (χ2n) is 7.55. The summed E-state index contributed by atoms with van der Waals surface area (Å²) in [5.41, 5.74) is -0.378. The Labute approximate surface area is 168 Å². The van der Waals surface area contributed by atoms with Crippen molar-refractivity contribution in [3.63, 3.8) is 0 Å². The number of piperidine rings is 1. The van der Waals surface area contributed by atoms with Gasteiger partial charge in [-0.15, -0.1) is 0 Å². The monoisotopic (exact) mass is 415 g/mol. The molecule has 7 nitrogen and oxygen atoms in total. The highest BCUT2D eigenvalue weighted by Gasteiger charge is 2.44. The second-order valence-corrected chi connectivity index (χ2v) is 7.55. The fourth-order valence-electron chi connectivity index (χ4n) is 3.20. The van der Waals surface area contributed by atoms with Crippen LogP contribution in [-0.4, -0.2) is 65.8 Å². The van der Waals surface area contributed by atoms with Crippen molar-refractivity contribution in [2.45, 2.75) is 44.5 Å². The Hall–Kier alpha value is -2.10. The molecule has 2 atom stereocenters. The molecule has 9 heteroatoms. The Morgan fingerprint density at radius 2 is 2.00 bits per heavy atom. The first kappa shape index (κ1) is 23.2. The van der Waals surface area contributed by atoms with Crippen LogP contribution in [0.25, 0.3) is 0 Å². The summed E-state index contributed by atoms with van der Waals surface area (Å²) in [6.07, 6.45) is -0.785. The first-order chi connectivity index (χ1) is 13.6. The van der Waals surface area contributed by atoms with E-state index >= 15 is 0 Å². The van der Waals surface area contributed by atoms with Gasteiger partial charge in [-0.3, -0.25) is 0 Å². The molecule has 1 amide bonds. The smallest absolute Gasteiger partial charge is 0.407 e. The molecule has 0 aliphatic carbocycles. The van der Waals surface area contributed by atoms with E-state index in [1.54, 1.807) is 38.1 Å². The number of rotatable bonds is 9. The summed E-state index contributed by atoms with van der Waals surface area (Å²) in [7, 11) is 0.